The first-order valence-corrected chi connectivity index (χ1v) is 8.56. The molecule has 0 amide bonds. The Morgan fingerprint density at radius 1 is 1.38 bits per heavy atom. The van der Waals surface area contributed by atoms with Crippen molar-refractivity contribution in [1.82, 2.24) is 14.7 Å². The van der Waals surface area contributed by atoms with Gasteiger partial charge in [-0.1, -0.05) is 11.8 Å². The maximum atomic E-state index is 5.69. The molecule has 7 heteroatoms. The Balaban J connectivity index is 2.37. The third-order valence-corrected chi connectivity index (χ3v) is 3.83. The van der Waals surface area contributed by atoms with Crippen LogP contribution in [0.25, 0.3) is 0 Å². The molecule has 0 radical (unpaired) electrons. The summed E-state index contributed by atoms with van der Waals surface area (Å²) in [6, 6.07) is 2.10. The molecule has 21 heavy (non-hydrogen) atoms. The zero-order valence-electron chi connectivity index (χ0n) is 13.4. The normalized spacial score (nSPS) is 12.3. The summed E-state index contributed by atoms with van der Waals surface area (Å²) < 4.78 is 2.06. The molecule has 0 fully saturated rings. The molecule has 120 valence electrons. The average molecular weight is 312 g/mol. The monoisotopic (exact) mass is 312 g/mol. The zero-order valence-corrected chi connectivity index (χ0v) is 14.2. The fraction of sp³-hybridized carbons (Fsp3) is 0.714. The van der Waals surface area contributed by atoms with E-state index in [2.05, 4.69) is 32.7 Å². The van der Waals surface area contributed by atoms with Crippen LogP contribution in [0.2, 0.25) is 0 Å². The summed E-state index contributed by atoms with van der Waals surface area (Å²) in [4.78, 5) is 6.65. The minimum Gasteiger partial charge on any atom is -0.379 e. The Kier molecular flexibility index (Phi) is 8.41. The lowest BCUT2D eigenvalue weighted by Crippen LogP contribution is -2.34. The van der Waals surface area contributed by atoms with Gasteiger partial charge < -0.3 is 16.4 Å². The molecular formula is C14H28N6S. The molecule has 0 aliphatic rings. The second-order valence-corrected chi connectivity index (χ2v) is 5.88. The fourth-order valence-electron chi connectivity index (χ4n) is 2.20. The molecule has 0 aliphatic carbocycles. The van der Waals surface area contributed by atoms with Crippen LogP contribution in [0.15, 0.2) is 11.1 Å². The van der Waals surface area contributed by atoms with E-state index in [1.165, 1.54) is 17.5 Å². The minimum absolute atomic E-state index is 0.656. The van der Waals surface area contributed by atoms with Crippen molar-refractivity contribution in [3.8, 4) is 0 Å². The summed E-state index contributed by atoms with van der Waals surface area (Å²) in [7, 11) is 0. The first-order valence-electron chi connectivity index (χ1n) is 7.34. The molecule has 1 rings (SSSR count). The molecule has 1 heterocycles. The maximum Gasteiger partial charge on any atom is 0.153 e. The largest absolute Gasteiger partial charge is 0.379 e. The average Bonchev–Trinajstić information content (AvgIpc) is 2.78. The van der Waals surface area contributed by atoms with Crippen LogP contribution in [0, 0.1) is 13.8 Å². The number of aryl methyl sites for hydroxylation is 2. The van der Waals surface area contributed by atoms with Gasteiger partial charge in [-0.05, 0) is 32.6 Å². The molecule has 0 aliphatic heterocycles. The number of nitrogens with two attached hydrogens (primary N) is 2. The van der Waals surface area contributed by atoms with Crippen molar-refractivity contribution < 1.29 is 0 Å². The lowest BCUT2D eigenvalue weighted by Gasteiger charge is -2.21. The number of aromatic nitrogens is 2. The highest BCUT2D eigenvalue weighted by Gasteiger charge is 2.06. The second kappa shape index (κ2) is 9.81. The molecule has 4 N–H and O–H groups in total. The number of hydrogen-bond acceptors (Lipinski definition) is 5. The summed E-state index contributed by atoms with van der Waals surface area (Å²) in [6.07, 6.45) is 2.94. The number of nitrogens with zero attached hydrogens (tertiary/aromatic N) is 4. The summed E-state index contributed by atoms with van der Waals surface area (Å²) >= 11 is 1.49. The predicted molar refractivity (Wildman–Crippen MR) is 91.8 cm³/mol. The number of hydrogen-bond donors (Lipinski definition) is 2. The van der Waals surface area contributed by atoms with Crippen molar-refractivity contribution in [2.24, 2.45) is 16.5 Å². The van der Waals surface area contributed by atoms with Gasteiger partial charge in [0.05, 0.1) is 12.2 Å². The van der Waals surface area contributed by atoms with Gasteiger partial charge in [0.2, 0.25) is 0 Å². The lowest BCUT2D eigenvalue weighted by atomic mass is 10.3. The Bertz CT molecular complexity index is 443. The van der Waals surface area contributed by atoms with Crippen LogP contribution < -0.4 is 11.5 Å². The van der Waals surface area contributed by atoms with Crippen molar-refractivity contribution in [2.75, 3.05) is 39.0 Å². The summed E-state index contributed by atoms with van der Waals surface area (Å²) in [5.74, 6) is 0. The van der Waals surface area contributed by atoms with Crippen molar-refractivity contribution in [3.05, 3.63) is 17.5 Å². The molecule has 0 unspecified atom stereocenters. The van der Waals surface area contributed by atoms with Crippen molar-refractivity contribution in [1.29, 1.82) is 0 Å². The van der Waals surface area contributed by atoms with E-state index in [4.69, 9.17) is 11.5 Å². The quantitative estimate of drug-likeness (QED) is 0.401. The van der Waals surface area contributed by atoms with Crippen LogP contribution in [0.5, 0.6) is 0 Å². The number of thioether (sulfide) groups is 1. The Hall–Kier alpha value is -1.05. The number of aliphatic imine (C=N–C) groups is 1. The van der Waals surface area contributed by atoms with Gasteiger partial charge in [-0.2, -0.15) is 5.10 Å². The van der Waals surface area contributed by atoms with E-state index in [1.54, 1.807) is 0 Å². The number of rotatable bonds is 9. The van der Waals surface area contributed by atoms with Crippen LogP contribution in [-0.2, 0) is 6.54 Å². The maximum absolute atomic E-state index is 5.69. The van der Waals surface area contributed by atoms with Crippen LogP contribution in [-0.4, -0.2) is 58.8 Å². The third-order valence-electron chi connectivity index (χ3n) is 3.29. The molecule has 0 spiro atoms. The van der Waals surface area contributed by atoms with Gasteiger partial charge in [-0.25, -0.2) is 0 Å². The smallest absolute Gasteiger partial charge is 0.153 e. The zero-order chi connectivity index (χ0) is 15.7. The number of amidine groups is 1. The second-order valence-electron chi connectivity index (χ2n) is 5.06. The van der Waals surface area contributed by atoms with Gasteiger partial charge in [0.1, 0.15) is 0 Å². The van der Waals surface area contributed by atoms with E-state index in [-0.39, 0.29) is 0 Å². The third kappa shape index (κ3) is 6.97. The van der Waals surface area contributed by atoms with E-state index >= 15 is 0 Å². The van der Waals surface area contributed by atoms with Crippen molar-refractivity contribution in [2.45, 2.75) is 26.8 Å². The van der Waals surface area contributed by atoms with Gasteiger partial charge in [0, 0.05) is 38.4 Å². The SMILES string of the molecule is CSC(N)=NCCCN(CCN)CCn1nc(C)cc1C. The highest BCUT2D eigenvalue weighted by atomic mass is 32.2. The summed E-state index contributed by atoms with van der Waals surface area (Å²) in [5, 5.41) is 5.15. The van der Waals surface area contributed by atoms with Crippen LogP contribution >= 0.6 is 11.8 Å². The Morgan fingerprint density at radius 2 is 2.14 bits per heavy atom. The van der Waals surface area contributed by atoms with Crippen LogP contribution in [0.4, 0.5) is 0 Å². The molecule has 0 saturated heterocycles. The van der Waals surface area contributed by atoms with Gasteiger partial charge in [-0.3, -0.25) is 9.67 Å². The minimum atomic E-state index is 0.656. The van der Waals surface area contributed by atoms with E-state index in [0.29, 0.717) is 11.7 Å². The summed E-state index contributed by atoms with van der Waals surface area (Å²) in [6.45, 7) is 9.31. The molecular weight excluding hydrogens is 284 g/mol. The van der Waals surface area contributed by atoms with E-state index in [9.17, 15) is 0 Å². The van der Waals surface area contributed by atoms with Crippen LogP contribution in [0.3, 0.4) is 0 Å². The molecule has 0 atom stereocenters. The lowest BCUT2D eigenvalue weighted by molar-refractivity contribution is 0.262. The molecule has 1 aromatic rings. The first-order chi connectivity index (χ1) is 10.1. The summed E-state index contributed by atoms with van der Waals surface area (Å²) in [5.41, 5.74) is 13.6. The molecule has 6 nitrogen and oxygen atoms in total. The highest BCUT2D eigenvalue weighted by molar-refractivity contribution is 8.13. The van der Waals surface area contributed by atoms with Crippen LogP contribution in [0.1, 0.15) is 17.8 Å². The van der Waals surface area contributed by atoms with Gasteiger partial charge in [0.15, 0.2) is 5.17 Å². The van der Waals surface area contributed by atoms with Gasteiger partial charge in [-0.15, -0.1) is 0 Å². The fourth-order valence-corrected chi connectivity index (χ4v) is 2.42. The Morgan fingerprint density at radius 3 is 2.71 bits per heavy atom. The van der Waals surface area contributed by atoms with Crippen molar-refractivity contribution in [3.63, 3.8) is 0 Å². The van der Waals surface area contributed by atoms with Gasteiger partial charge in [0.25, 0.3) is 0 Å². The molecule has 0 saturated carbocycles. The van der Waals surface area contributed by atoms with E-state index in [1.807, 2.05) is 13.2 Å². The molecule has 0 bridgehead atoms. The highest BCUT2D eigenvalue weighted by Crippen LogP contribution is 2.02. The first kappa shape index (κ1) is 18.0. The topological polar surface area (TPSA) is 85.5 Å². The van der Waals surface area contributed by atoms with E-state index in [0.717, 1.165) is 44.8 Å². The Labute approximate surface area is 132 Å². The molecule has 0 aromatic carbocycles. The van der Waals surface area contributed by atoms with Crippen molar-refractivity contribution >= 4 is 16.9 Å². The standard InChI is InChI=1S/C14H28N6S/c1-12-11-13(2)20(18-12)10-9-19(8-5-15)7-4-6-17-14(16)21-3/h11H,4-10,15H2,1-3H3,(H2,16,17). The van der Waals surface area contributed by atoms with E-state index < -0.39 is 0 Å². The predicted octanol–water partition coefficient (Wildman–Crippen LogP) is 0.828. The van der Waals surface area contributed by atoms with Gasteiger partial charge >= 0.3 is 0 Å². The molecule has 1 aromatic heterocycles.